The second-order valence-electron chi connectivity index (χ2n) is 7.78. The number of benzene rings is 2. The molecule has 1 heterocycles. The number of carbonyl (C=O) groups excluding carboxylic acids is 4. The summed E-state index contributed by atoms with van der Waals surface area (Å²) in [6.45, 7) is 7.54. The first-order valence-corrected chi connectivity index (χ1v) is 9.76. The summed E-state index contributed by atoms with van der Waals surface area (Å²) in [4.78, 5) is 51.0. The summed E-state index contributed by atoms with van der Waals surface area (Å²) in [5, 5.41) is 2.68. The van der Waals surface area contributed by atoms with E-state index in [1.807, 2.05) is 32.9 Å². The number of hydrogen-bond donors (Lipinski definition) is 1. The third-order valence-corrected chi connectivity index (χ3v) is 4.73. The van der Waals surface area contributed by atoms with Gasteiger partial charge in [0, 0.05) is 12.2 Å². The highest BCUT2D eigenvalue weighted by molar-refractivity contribution is 6.22. The Labute approximate surface area is 175 Å². The Bertz CT molecular complexity index is 1010. The quantitative estimate of drug-likeness (QED) is 0.584. The van der Waals surface area contributed by atoms with E-state index < -0.39 is 23.9 Å². The van der Waals surface area contributed by atoms with Crippen LogP contribution in [0.25, 0.3) is 0 Å². The SMILES string of the molecule is Cc1ccc(NC(=O)[C@@H](C)OC(=O)c2ccc3c(c2)C(=O)N(CC(C)C)C3=O)cc1. The standard InChI is InChI=1S/C23H24N2O5/c1-13(2)12-25-21(27)18-10-7-16(11-19(18)22(25)28)23(29)30-15(4)20(26)24-17-8-5-14(3)6-9-17/h5-11,13,15H,12H2,1-4H3,(H,24,26)/t15-/m1/s1. The van der Waals surface area contributed by atoms with E-state index in [0.717, 1.165) is 5.56 Å². The number of fused-ring (bicyclic) bond motifs is 1. The number of rotatable bonds is 6. The molecule has 1 N–H and O–H groups in total. The fourth-order valence-corrected chi connectivity index (χ4v) is 3.11. The van der Waals surface area contributed by atoms with Crippen molar-refractivity contribution in [3.05, 3.63) is 64.7 Å². The number of amides is 3. The molecule has 1 aliphatic heterocycles. The van der Waals surface area contributed by atoms with E-state index in [1.54, 1.807) is 12.1 Å². The highest BCUT2D eigenvalue weighted by atomic mass is 16.5. The first-order valence-electron chi connectivity index (χ1n) is 9.76. The molecule has 1 atom stereocenters. The maximum Gasteiger partial charge on any atom is 0.338 e. The normalized spacial score (nSPS) is 14.0. The highest BCUT2D eigenvalue weighted by Gasteiger charge is 2.36. The number of nitrogens with zero attached hydrogens (tertiary/aromatic N) is 1. The van der Waals surface area contributed by atoms with Gasteiger partial charge in [0.15, 0.2) is 6.10 Å². The van der Waals surface area contributed by atoms with Gasteiger partial charge in [0.25, 0.3) is 17.7 Å². The van der Waals surface area contributed by atoms with Gasteiger partial charge in [0.2, 0.25) is 0 Å². The lowest BCUT2D eigenvalue weighted by Gasteiger charge is -2.15. The molecule has 0 fully saturated rings. The van der Waals surface area contributed by atoms with E-state index >= 15 is 0 Å². The number of carbonyl (C=O) groups is 4. The van der Waals surface area contributed by atoms with Crippen LogP contribution in [0.15, 0.2) is 42.5 Å². The zero-order chi connectivity index (χ0) is 22.0. The summed E-state index contributed by atoms with van der Waals surface area (Å²) in [6.07, 6.45) is -1.04. The van der Waals surface area contributed by atoms with Crippen LogP contribution in [0.3, 0.4) is 0 Å². The lowest BCUT2D eigenvalue weighted by atomic mass is 10.1. The molecule has 0 aromatic heterocycles. The lowest BCUT2D eigenvalue weighted by Crippen LogP contribution is -2.33. The summed E-state index contributed by atoms with van der Waals surface area (Å²) >= 11 is 0. The van der Waals surface area contributed by atoms with Crippen molar-refractivity contribution in [3.8, 4) is 0 Å². The Morgan fingerprint density at radius 3 is 2.23 bits per heavy atom. The van der Waals surface area contributed by atoms with E-state index in [0.29, 0.717) is 12.2 Å². The Morgan fingerprint density at radius 2 is 1.60 bits per heavy atom. The molecule has 0 bridgehead atoms. The monoisotopic (exact) mass is 408 g/mol. The molecule has 0 unspecified atom stereocenters. The van der Waals surface area contributed by atoms with Crippen molar-refractivity contribution in [3.63, 3.8) is 0 Å². The second-order valence-corrected chi connectivity index (χ2v) is 7.78. The van der Waals surface area contributed by atoms with Gasteiger partial charge in [0.1, 0.15) is 0 Å². The summed E-state index contributed by atoms with van der Waals surface area (Å²) in [5.41, 5.74) is 2.20. The Morgan fingerprint density at radius 1 is 0.967 bits per heavy atom. The fraction of sp³-hybridized carbons (Fsp3) is 0.304. The largest absolute Gasteiger partial charge is 0.449 e. The van der Waals surface area contributed by atoms with E-state index in [2.05, 4.69) is 5.32 Å². The van der Waals surface area contributed by atoms with Gasteiger partial charge >= 0.3 is 5.97 Å². The Balaban J connectivity index is 1.69. The van der Waals surface area contributed by atoms with Crippen LogP contribution in [0.5, 0.6) is 0 Å². The van der Waals surface area contributed by atoms with Gasteiger partial charge in [-0.15, -0.1) is 0 Å². The van der Waals surface area contributed by atoms with Crippen molar-refractivity contribution in [2.75, 3.05) is 11.9 Å². The number of aryl methyl sites for hydroxylation is 1. The third-order valence-electron chi connectivity index (χ3n) is 4.73. The molecule has 2 aromatic rings. The van der Waals surface area contributed by atoms with Crippen molar-refractivity contribution in [2.24, 2.45) is 5.92 Å². The van der Waals surface area contributed by atoms with Crippen molar-refractivity contribution < 1.29 is 23.9 Å². The summed E-state index contributed by atoms with van der Waals surface area (Å²) in [5.74, 6) is -1.88. The van der Waals surface area contributed by atoms with Crippen molar-refractivity contribution in [2.45, 2.75) is 33.8 Å². The van der Waals surface area contributed by atoms with Gasteiger partial charge in [0.05, 0.1) is 16.7 Å². The number of ether oxygens (including phenoxy) is 1. The summed E-state index contributed by atoms with van der Waals surface area (Å²) < 4.78 is 5.25. The van der Waals surface area contributed by atoms with Crippen LogP contribution in [0.1, 0.15) is 57.4 Å². The van der Waals surface area contributed by atoms with Crippen molar-refractivity contribution >= 4 is 29.4 Å². The van der Waals surface area contributed by atoms with Gasteiger partial charge in [-0.1, -0.05) is 31.5 Å². The molecule has 3 rings (SSSR count). The Hall–Kier alpha value is -3.48. The zero-order valence-corrected chi connectivity index (χ0v) is 17.4. The summed E-state index contributed by atoms with van der Waals surface area (Å²) in [6, 6.07) is 11.5. The van der Waals surface area contributed by atoms with Gasteiger partial charge in [-0.3, -0.25) is 19.3 Å². The molecule has 7 nitrogen and oxygen atoms in total. The number of imide groups is 1. The maximum atomic E-state index is 12.6. The minimum Gasteiger partial charge on any atom is -0.449 e. The number of hydrogen-bond acceptors (Lipinski definition) is 5. The maximum absolute atomic E-state index is 12.6. The van der Waals surface area contributed by atoms with Crippen molar-refractivity contribution in [1.82, 2.24) is 4.90 Å². The lowest BCUT2D eigenvalue weighted by molar-refractivity contribution is -0.123. The number of nitrogens with one attached hydrogen (secondary N) is 1. The molecule has 7 heteroatoms. The molecular weight excluding hydrogens is 384 g/mol. The second kappa shape index (κ2) is 8.49. The van der Waals surface area contributed by atoms with Crippen LogP contribution in [0, 0.1) is 12.8 Å². The van der Waals surface area contributed by atoms with Crippen LogP contribution >= 0.6 is 0 Å². The fourth-order valence-electron chi connectivity index (χ4n) is 3.11. The molecule has 0 saturated carbocycles. The minimum atomic E-state index is -1.04. The zero-order valence-electron chi connectivity index (χ0n) is 17.4. The van der Waals surface area contributed by atoms with Crippen LogP contribution < -0.4 is 5.32 Å². The molecule has 156 valence electrons. The number of esters is 1. The average molecular weight is 408 g/mol. The van der Waals surface area contributed by atoms with Crippen LogP contribution in [-0.4, -0.2) is 41.2 Å². The van der Waals surface area contributed by atoms with E-state index in [1.165, 1.54) is 30.0 Å². The predicted octanol–water partition coefficient (Wildman–Crippen LogP) is 3.43. The summed E-state index contributed by atoms with van der Waals surface area (Å²) in [7, 11) is 0. The molecule has 30 heavy (non-hydrogen) atoms. The molecule has 0 saturated heterocycles. The first kappa shape index (κ1) is 21.2. The molecule has 0 aliphatic carbocycles. The van der Waals surface area contributed by atoms with E-state index in [9.17, 15) is 19.2 Å². The molecular formula is C23H24N2O5. The van der Waals surface area contributed by atoms with Crippen LogP contribution in [0.4, 0.5) is 5.69 Å². The molecule has 1 aliphatic rings. The van der Waals surface area contributed by atoms with Gasteiger partial charge in [-0.2, -0.15) is 0 Å². The van der Waals surface area contributed by atoms with E-state index in [4.69, 9.17) is 4.74 Å². The van der Waals surface area contributed by atoms with Crippen LogP contribution in [-0.2, 0) is 9.53 Å². The predicted molar refractivity (Wildman–Crippen MR) is 111 cm³/mol. The Kier molecular flexibility index (Phi) is 6.01. The minimum absolute atomic E-state index is 0.108. The molecule has 2 aromatic carbocycles. The highest BCUT2D eigenvalue weighted by Crippen LogP contribution is 2.25. The van der Waals surface area contributed by atoms with Crippen LogP contribution in [0.2, 0.25) is 0 Å². The molecule has 3 amide bonds. The molecule has 0 spiro atoms. The first-order chi connectivity index (χ1) is 14.2. The third kappa shape index (κ3) is 4.40. The number of anilines is 1. The van der Waals surface area contributed by atoms with Gasteiger partial charge < -0.3 is 10.1 Å². The van der Waals surface area contributed by atoms with Gasteiger partial charge in [-0.05, 0) is 50.1 Å². The van der Waals surface area contributed by atoms with E-state index in [-0.39, 0.29) is 28.5 Å². The van der Waals surface area contributed by atoms with Gasteiger partial charge in [-0.25, -0.2) is 4.79 Å². The average Bonchev–Trinajstić information content (AvgIpc) is 2.93. The molecule has 0 radical (unpaired) electrons. The van der Waals surface area contributed by atoms with Crippen molar-refractivity contribution in [1.29, 1.82) is 0 Å². The smallest absolute Gasteiger partial charge is 0.338 e. The topological polar surface area (TPSA) is 92.8 Å².